The topological polar surface area (TPSA) is 0 Å². The molecule has 4 heteroatoms. The van der Waals surface area contributed by atoms with Crippen LogP contribution in [0.4, 0.5) is 0 Å². The fraction of sp³-hybridized carbons (Fsp3) is 0.455. The third-order valence-corrected chi connectivity index (χ3v) is 31.7. The summed E-state index contributed by atoms with van der Waals surface area (Å²) in [6, 6.07) is 22.6. The summed E-state index contributed by atoms with van der Waals surface area (Å²) >= 11 is 0. The van der Waals surface area contributed by atoms with Gasteiger partial charge in [-0.3, -0.25) is 0 Å². The van der Waals surface area contributed by atoms with Gasteiger partial charge in [0.1, 0.15) is 0 Å². The predicted octanol–water partition coefficient (Wildman–Crippen LogP) is 6.49. The molecule has 2 aromatic rings. The predicted molar refractivity (Wildman–Crippen MR) is 132 cm³/mol. The summed E-state index contributed by atoms with van der Waals surface area (Å²) in [4.78, 5) is 1.04. The summed E-state index contributed by atoms with van der Waals surface area (Å²) in [5.41, 5.74) is 0. The summed E-state index contributed by atoms with van der Waals surface area (Å²) in [6.45, 7) is 21.1. The first-order chi connectivity index (χ1) is 11.9. The van der Waals surface area contributed by atoms with Crippen molar-refractivity contribution in [3.8, 4) is 0 Å². The maximum absolute atomic E-state index is 2.70. The number of rotatable bonds is 7. The lowest BCUT2D eigenvalue weighted by atomic mass is 10.4. The monoisotopic (exact) mass is 416 g/mol. The van der Waals surface area contributed by atoms with Gasteiger partial charge in [0.05, 0.1) is 8.07 Å². The van der Waals surface area contributed by atoms with Crippen molar-refractivity contribution in [2.24, 2.45) is 0 Å². The Hall–Kier alpha value is -0.479. The van der Waals surface area contributed by atoms with Crippen molar-refractivity contribution in [3.63, 3.8) is 0 Å². The van der Waals surface area contributed by atoms with Crippen LogP contribution >= 0.6 is 7.92 Å². The molecule has 0 spiro atoms. The number of hydrogen-bond donors (Lipinski definition) is 0. The van der Waals surface area contributed by atoms with E-state index in [0.29, 0.717) is 0 Å². The van der Waals surface area contributed by atoms with Gasteiger partial charge in [-0.1, -0.05) is 118 Å². The van der Waals surface area contributed by atoms with Crippen molar-refractivity contribution >= 4 is 42.8 Å². The van der Waals surface area contributed by atoms with Crippen LogP contribution in [0.5, 0.6) is 0 Å². The molecule has 0 aromatic heterocycles. The average Bonchev–Trinajstić information content (AvgIpc) is 2.51. The highest BCUT2D eigenvalue weighted by Crippen LogP contribution is 2.46. The summed E-state index contributed by atoms with van der Waals surface area (Å²) in [6.07, 6.45) is 0. The molecule has 142 valence electrons. The Morgan fingerprint density at radius 1 is 0.615 bits per heavy atom. The molecule has 0 N–H and O–H groups in total. The van der Waals surface area contributed by atoms with Gasteiger partial charge in [-0.2, -0.15) is 0 Å². The Morgan fingerprint density at radius 2 is 0.962 bits per heavy atom. The van der Waals surface area contributed by atoms with E-state index in [9.17, 15) is 0 Å². The third kappa shape index (κ3) is 5.51. The lowest BCUT2D eigenvalue weighted by Gasteiger charge is -2.49. The van der Waals surface area contributed by atoms with E-state index in [-0.39, 0.29) is 7.92 Å². The normalized spacial score (nSPS) is 13.5. The van der Waals surface area contributed by atoms with E-state index < -0.39 is 24.2 Å². The van der Waals surface area contributed by atoms with Crippen LogP contribution < -0.4 is 10.6 Å². The van der Waals surface area contributed by atoms with E-state index in [1.807, 2.05) is 0 Å². The maximum Gasteiger partial charge on any atom is 0.0502 e. The molecule has 0 amide bonds. The number of hydrogen-bond acceptors (Lipinski definition) is 0. The van der Waals surface area contributed by atoms with Crippen molar-refractivity contribution in [3.05, 3.63) is 60.7 Å². The molecule has 0 radical (unpaired) electrons. The van der Waals surface area contributed by atoms with Crippen LogP contribution in [0.15, 0.2) is 60.7 Å². The number of benzene rings is 2. The van der Waals surface area contributed by atoms with Crippen LogP contribution in [0.1, 0.15) is 0 Å². The molecular formula is C22H37PSi3. The fourth-order valence-electron chi connectivity index (χ4n) is 5.69. The van der Waals surface area contributed by atoms with E-state index in [1.165, 1.54) is 5.79 Å². The van der Waals surface area contributed by atoms with Crippen molar-refractivity contribution in [1.82, 2.24) is 0 Å². The summed E-state index contributed by atoms with van der Waals surface area (Å²) in [7, 11) is -4.02. The Labute approximate surface area is 166 Å². The smallest absolute Gasteiger partial charge is 0.0502 e. The molecule has 0 aliphatic rings. The summed E-state index contributed by atoms with van der Waals surface area (Å²) in [5, 5.41) is 3.11. The van der Waals surface area contributed by atoms with Crippen LogP contribution in [0.3, 0.4) is 0 Å². The van der Waals surface area contributed by atoms with E-state index >= 15 is 0 Å². The molecular weight excluding hydrogens is 379 g/mol. The van der Waals surface area contributed by atoms with Gasteiger partial charge in [0.2, 0.25) is 0 Å². The van der Waals surface area contributed by atoms with Crippen molar-refractivity contribution in [2.45, 2.75) is 57.2 Å². The second-order valence-corrected chi connectivity index (χ2v) is 30.5. The van der Waals surface area contributed by atoms with E-state index in [2.05, 4.69) is 113 Å². The van der Waals surface area contributed by atoms with Gasteiger partial charge in [0.15, 0.2) is 0 Å². The largest absolute Gasteiger partial charge is 0.0698 e. The Balaban J connectivity index is 2.47. The van der Waals surface area contributed by atoms with Crippen LogP contribution in [-0.4, -0.2) is 30.0 Å². The zero-order chi connectivity index (χ0) is 19.6. The molecule has 0 aliphatic heterocycles. The SMILES string of the molecule is C[Si](C)(C)C([Si](C)(C)C)[Si](C)(C)CP(c1ccccc1)c1ccccc1. The van der Waals surface area contributed by atoms with E-state index in [0.717, 1.165) is 4.79 Å². The van der Waals surface area contributed by atoms with Gasteiger partial charge >= 0.3 is 0 Å². The van der Waals surface area contributed by atoms with E-state index in [4.69, 9.17) is 0 Å². The quantitative estimate of drug-likeness (QED) is 0.357. The molecule has 0 bridgehead atoms. The Morgan fingerprint density at radius 3 is 1.27 bits per heavy atom. The molecule has 0 fully saturated rings. The zero-order valence-electron chi connectivity index (χ0n) is 18.0. The van der Waals surface area contributed by atoms with Crippen LogP contribution in [0, 0.1) is 0 Å². The molecule has 2 rings (SSSR count). The average molecular weight is 417 g/mol. The molecule has 0 heterocycles. The summed E-state index contributed by atoms with van der Waals surface area (Å²) < 4.78 is 0. The van der Waals surface area contributed by atoms with Gasteiger partial charge in [-0.25, -0.2) is 0 Å². The van der Waals surface area contributed by atoms with Gasteiger partial charge in [-0.15, -0.1) is 0 Å². The van der Waals surface area contributed by atoms with Gasteiger partial charge in [-0.05, 0) is 24.3 Å². The van der Waals surface area contributed by atoms with Gasteiger partial charge in [0.25, 0.3) is 0 Å². The minimum Gasteiger partial charge on any atom is -0.0698 e. The maximum atomic E-state index is 2.70. The van der Waals surface area contributed by atoms with Gasteiger partial charge < -0.3 is 0 Å². The molecule has 0 saturated carbocycles. The fourth-order valence-corrected chi connectivity index (χ4v) is 43.3. The standard InChI is InChI=1S/C22H37PSi3/c1-24(2,3)22(25(4,5)6)26(7,8)19-23(20-15-11-9-12-16-20)21-17-13-10-14-18-21/h9-18,22H,19H2,1-8H3. The lowest BCUT2D eigenvalue weighted by molar-refractivity contribution is 1.33. The Bertz CT molecular complexity index is 631. The van der Waals surface area contributed by atoms with Crippen LogP contribution in [0.25, 0.3) is 0 Å². The lowest BCUT2D eigenvalue weighted by Crippen LogP contribution is -2.58. The first-order valence-corrected chi connectivity index (χ1v) is 21.8. The Kier molecular flexibility index (Phi) is 6.93. The second kappa shape index (κ2) is 8.26. The first kappa shape index (κ1) is 21.8. The van der Waals surface area contributed by atoms with E-state index in [1.54, 1.807) is 10.6 Å². The highest BCUT2D eigenvalue weighted by molar-refractivity contribution is 7.75. The summed E-state index contributed by atoms with van der Waals surface area (Å²) in [5.74, 6) is 1.43. The van der Waals surface area contributed by atoms with Crippen LogP contribution in [-0.2, 0) is 0 Å². The molecule has 0 nitrogen and oxygen atoms in total. The van der Waals surface area contributed by atoms with Crippen LogP contribution in [0.2, 0.25) is 57.2 Å². The highest BCUT2D eigenvalue weighted by atomic mass is 31.1. The van der Waals surface area contributed by atoms with Crippen molar-refractivity contribution < 1.29 is 0 Å². The molecule has 0 unspecified atom stereocenters. The molecule has 0 atom stereocenters. The minimum atomic E-state index is -1.38. The zero-order valence-corrected chi connectivity index (χ0v) is 21.9. The molecule has 2 aromatic carbocycles. The molecule has 0 aliphatic carbocycles. The second-order valence-electron chi connectivity index (χ2n) is 10.4. The molecule has 26 heavy (non-hydrogen) atoms. The third-order valence-electron chi connectivity index (χ3n) is 5.21. The van der Waals surface area contributed by atoms with Crippen molar-refractivity contribution in [2.75, 3.05) is 5.79 Å². The highest BCUT2D eigenvalue weighted by Gasteiger charge is 2.48. The van der Waals surface area contributed by atoms with Crippen molar-refractivity contribution in [1.29, 1.82) is 0 Å². The minimum absolute atomic E-state index is 0.259. The molecule has 0 saturated heterocycles. The van der Waals surface area contributed by atoms with Gasteiger partial charge in [0, 0.05) is 16.1 Å². The first-order valence-electron chi connectivity index (χ1n) is 9.80.